The number of ether oxygens (including phenoxy) is 2. The average Bonchev–Trinajstić information content (AvgIpc) is 2.61. The maximum Gasteiger partial charge on any atom is 0.420 e. The Balaban J connectivity index is 3.70. The van der Waals surface area contributed by atoms with Gasteiger partial charge in [-0.2, -0.15) is 4.90 Å². The summed E-state index contributed by atoms with van der Waals surface area (Å²) in [6.07, 6.45) is -3.55. The third-order valence-electron chi connectivity index (χ3n) is 5.88. The SMILES string of the molecule is CO[C@H]1CCCC[C@](N(C(=O)O)C(=O)OC(C)(C)C)(C(C)(C)C)C(=O)C(=O)[C@@H](C)[C@@H]1O. The molecule has 0 saturated heterocycles. The van der Waals surface area contributed by atoms with Gasteiger partial charge < -0.3 is 19.7 Å². The molecule has 0 aliphatic heterocycles. The molecule has 0 aromatic rings. The van der Waals surface area contributed by atoms with Gasteiger partial charge in [-0.25, -0.2) is 9.59 Å². The Morgan fingerprint density at radius 1 is 1.10 bits per heavy atom. The molecule has 2 N–H and O–H groups in total. The normalized spacial score (nSPS) is 28.7. The third-order valence-corrected chi connectivity index (χ3v) is 5.88. The van der Waals surface area contributed by atoms with Crippen LogP contribution in [0.25, 0.3) is 0 Å². The zero-order valence-electron chi connectivity index (χ0n) is 19.9. The van der Waals surface area contributed by atoms with E-state index in [2.05, 4.69) is 0 Å². The summed E-state index contributed by atoms with van der Waals surface area (Å²) >= 11 is 0. The van der Waals surface area contributed by atoms with Gasteiger partial charge in [0.15, 0.2) is 0 Å². The summed E-state index contributed by atoms with van der Waals surface area (Å²) in [5, 5.41) is 20.6. The molecule has 4 atom stereocenters. The Labute approximate surface area is 184 Å². The Kier molecular flexibility index (Phi) is 8.41. The van der Waals surface area contributed by atoms with Gasteiger partial charge >= 0.3 is 12.2 Å². The number of aliphatic hydroxyl groups is 1. The highest BCUT2D eigenvalue weighted by molar-refractivity contribution is 6.42. The fourth-order valence-corrected chi connectivity index (χ4v) is 4.12. The van der Waals surface area contributed by atoms with E-state index in [-0.39, 0.29) is 6.42 Å². The van der Waals surface area contributed by atoms with Crippen LogP contribution in [-0.4, -0.2) is 69.3 Å². The minimum Gasteiger partial charge on any atom is -0.464 e. The lowest BCUT2D eigenvalue weighted by atomic mass is 9.64. The van der Waals surface area contributed by atoms with Crippen LogP contribution in [-0.2, 0) is 19.1 Å². The molecular weight excluding hydrogens is 406 g/mol. The molecule has 0 unspecified atom stereocenters. The van der Waals surface area contributed by atoms with Gasteiger partial charge in [0.05, 0.1) is 18.1 Å². The third kappa shape index (κ3) is 5.63. The van der Waals surface area contributed by atoms with Crippen LogP contribution in [0.2, 0.25) is 0 Å². The first-order valence-corrected chi connectivity index (χ1v) is 10.6. The zero-order chi connectivity index (χ0) is 24.4. The van der Waals surface area contributed by atoms with E-state index in [1.165, 1.54) is 14.0 Å². The van der Waals surface area contributed by atoms with Crippen molar-refractivity contribution in [2.75, 3.05) is 7.11 Å². The summed E-state index contributed by atoms with van der Waals surface area (Å²) in [4.78, 5) is 52.6. The van der Waals surface area contributed by atoms with E-state index in [1.807, 2.05) is 0 Å². The van der Waals surface area contributed by atoms with E-state index in [9.17, 15) is 29.4 Å². The van der Waals surface area contributed by atoms with Crippen molar-refractivity contribution in [3.8, 4) is 0 Å². The molecule has 0 aromatic carbocycles. The van der Waals surface area contributed by atoms with E-state index < -0.39 is 58.4 Å². The van der Waals surface area contributed by atoms with E-state index in [1.54, 1.807) is 41.5 Å². The summed E-state index contributed by atoms with van der Waals surface area (Å²) in [5.74, 6) is -3.11. The molecule has 178 valence electrons. The van der Waals surface area contributed by atoms with Crippen LogP contribution in [0, 0.1) is 11.3 Å². The van der Waals surface area contributed by atoms with Crippen LogP contribution in [0.3, 0.4) is 0 Å². The summed E-state index contributed by atoms with van der Waals surface area (Å²) in [7, 11) is 1.42. The van der Waals surface area contributed by atoms with Crippen molar-refractivity contribution in [3.63, 3.8) is 0 Å². The zero-order valence-corrected chi connectivity index (χ0v) is 19.9. The quantitative estimate of drug-likeness (QED) is 0.621. The first kappa shape index (κ1) is 27.0. The van der Waals surface area contributed by atoms with Crippen LogP contribution in [0.15, 0.2) is 0 Å². The number of carbonyl (C=O) groups excluding carboxylic acids is 3. The summed E-state index contributed by atoms with van der Waals surface area (Å²) in [6, 6.07) is 0. The van der Waals surface area contributed by atoms with Crippen molar-refractivity contribution in [1.82, 2.24) is 4.90 Å². The minimum absolute atomic E-state index is 0.0497. The van der Waals surface area contributed by atoms with Crippen molar-refractivity contribution in [1.29, 1.82) is 0 Å². The number of amides is 2. The van der Waals surface area contributed by atoms with Crippen molar-refractivity contribution < 1.29 is 38.9 Å². The molecule has 0 heterocycles. The Morgan fingerprint density at radius 3 is 2.06 bits per heavy atom. The number of hydrogen-bond acceptors (Lipinski definition) is 7. The first-order chi connectivity index (χ1) is 14.0. The molecule has 1 aliphatic carbocycles. The van der Waals surface area contributed by atoms with Gasteiger partial charge in [0.25, 0.3) is 0 Å². The molecule has 0 spiro atoms. The number of aliphatic hydroxyl groups excluding tert-OH is 1. The smallest absolute Gasteiger partial charge is 0.420 e. The van der Waals surface area contributed by atoms with Gasteiger partial charge in [0.2, 0.25) is 11.6 Å². The Morgan fingerprint density at radius 2 is 1.65 bits per heavy atom. The van der Waals surface area contributed by atoms with Crippen molar-refractivity contribution >= 4 is 23.8 Å². The Bertz CT molecular complexity index is 705. The summed E-state index contributed by atoms with van der Waals surface area (Å²) in [5.41, 5.74) is -4.13. The summed E-state index contributed by atoms with van der Waals surface area (Å²) < 4.78 is 10.6. The second-order valence-corrected chi connectivity index (χ2v) is 10.2. The van der Waals surface area contributed by atoms with Gasteiger partial charge in [0.1, 0.15) is 11.1 Å². The van der Waals surface area contributed by atoms with Gasteiger partial charge in [-0.05, 0) is 39.0 Å². The first-order valence-electron chi connectivity index (χ1n) is 10.6. The van der Waals surface area contributed by atoms with Crippen LogP contribution in [0.5, 0.6) is 0 Å². The van der Waals surface area contributed by atoms with Crippen LogP contribution >= 0.6 is 0 Å². The van der Waals surface area contributed by atoms with Gasteiger partial charge in [-0.15, -0.1) is 0 Å². The number of imide groups is 1. The predicted octanol–water partition coefficient (Wildman–Crippen LogP) is 3.41. The highest BCUT2D eigenvalue weighted by atomic mass is 16.6. The lowest BCUT2D eigenvalue weighted by Gasteiger charge is -2.48. The molecule has 2 amide bonds. The molecule has 1 rings (SSSR count). The Hall–Kier alpha value is -2.00. The molecule has 0 radical (unpaired) electrons. The molecule has 9 nitrogen and oxygen atoms in total. The molecule has 1 saturated carbocycles. The summed E-state index contributed by atoms with van der Waals surface area (Å²) in [6.45, 7) is 11.0. The maximum atomic E-state index is 13.7. The fraction of sp³-hybridized carbons (Fsp3) is 0.818. The van der Waals surface area contributed by atoms with E-state index in [4.69, 9.17) is 9.47 Å². The molecule has 9 heteroatoms. The number of methoxy groups -OCH3 is 1. The fourth-order valence-electron chi connectivity index (χ4n) is 4.12. The number of carbonyl (C=O) groups is 4. The molecule has 1 fully saturated rings. The number of Topliss-reactive ketones (excluding diaryl/α,β-unsaturated/α-hetero) is 2. The number of ketones is 2. The topological polar surface area (TPSA) is 130 Å². The van der Waals surface area contributed by atoms with Crippen molar-refractivity contribution in [2.45, 2.75) is 97.5 Å². The lowest BCUT2D eigenvalue weighted by molar-refractivity contribution is -0.154. The largest absolute Gasteiger partial charge is 0.464 e. The highest BCUT2D eigenvalue weighted by Gasteiger charge is 2.60. The lowest BCUT2D eigenvalue weighted by Crippen LogP contribution is -2.68. The average molecular weight is 444 g/mol. The number of hydrogen-bond donors (Lipinski definition) is 2. The van der Waals surface area contributed by atoms with Crippen molar-refractivity contribution in [3.05, 3.63) is 0 Å². The standard InChI is InChI=1S/C22H37NO8/c1-13-15(24)14(30-8)11-9-10-12-22(20(2,3)4,17(26)16(13)25)23(18(27)28)19(29)31-21(5,6)7/h13-15,24H,9-12H2,1-8H3,(H,27,28)/t13-,14-,15-,22+/m0/s1. The van der Waals surface area contributed by atoms with E-state index in [0.29, 0.717) is 24.2 Å². The number of carboxylic acid groups (broad SMARTS) is 1. The van der Waals surface area contributed by atoms with Gasteiger partial charge in [-0.3, -0.25) is 9.59 Å². The van der Waals surface area contributed by atoms with Crippen molar-refractivity contribution in [2.24, 2.45) is 11.3 Å². The second-order valence-electron chi connectivity index (χ2n) is 10.2. The van der Waals surface area contributed by atoms with E-state index in [0.717, 1.165) is 0 Å². The molecule has 0 bridgehead atoms. The molecule has 0 aromatic heterocycles. The maximum absolute atomic E-state index is 13.7. The van der Waals surface area contributed by atoms with Crippen LogP contribution < -0.4 is 0 Å². The van der Waals surface area contributed by atoms with Crippen LogP contribution in [0.1, 0.15) is 74.1 Å². The van der Waals surface area contributed by atoms with E-state index >= 15 is 0 Å². The molecule has 1 aliphatic rings. The monoisotopic (exact) mass is 443 g/mol. The molecule has 31 heavy (non-hydrogen) atoms. The predicted molar refractivity (Wildman–Crippen MR) is 113 cm³/mol. The van der Waals surface area contributed by atoms with Crippen LogP contribution in [0.4, 0.5) is 9.59 Å². The van der Waals surface area contributed by atoms with Gasteiger partial charge in [0, 0.05) is 7.11 Å². The number of rotatable bonds is 2. The minimum atomic E-state index is -1.99. The highest BCUT2D eigenvalue weighted by Crippen LogP contribution is 2.43. The molecular formula is C22H37NO8. The van der Waals surface area contributed by atoms with Gasteiger partial charge in [-0.1, -0.05) is 40.5 Å². The number of nitrogens with zero attached hydrogens (tertiary/aromatic N) is 1. The second kappa shape index (κ2) is 9.65.